The summed E-state index contributed by atoms with van der Waals surface area (Å²) in [5.41, 5.74) is 4.66. The first kappa shape index (κ1) is 14.0. The highest BCUT2D eigenvalue weighted by Crippen LogP contribution is 2.46. The van der Waals surface area contributed by atoms with Crippen LogP contribution in [0.15, 0.2) is 47.1 Å². The monoisotopic (exact) mass is 358 g/mol. The van der Waals surface area contributed by atoms with E-state index in [1.807, 2.05) is 13.1 Å². The fourth-order valence-corrected chi connectivity index (χ4v) is 3.99. The van der Waals surface area contributed by atoms with Crippen molar-refractivity contribution >= 4 is 26.8 Å². The highest BCUT2D eigenvalue weighted by molar-refractivity contribution is 9.10. The number of nitrogens with one attached hydrogen (secondary N) is 2. The fraction of sp³-hybridized carbons (Fsp3) is 0.222. The molecule has 0 radical (unpaired) electrons. The van der Waals surface area contributed by atoms with Crippen molar-refractivity contribution in [2.45, 2.75) is 18.4 Å². The molecular formula is C18H16BrFN2. The number of aromatic nitrogens is 1. The van der Waals surface area contributed by atoms with Crippen molar-refractivity contribution in [1.82, 2.24) is 10.3 Å². The van der Waals surface area contributed by atoms with Gasteiger partial charge in [0.1, 0.15) is 5.82 Å². The van der Waals surface area contributed by atoms with Crippen LogP contribution in [0, 0.1) is 5.82 Å². The predicted octanol–water partition coefficient (Wildman–Crippen LogP) is 4.87. The van der Waals surface area contributed by atoms with Gasteiger partial charge in [-0.25, -0.2) is 4.39 Å². The van der Waals surface area contributed by atoms with Crippen LogP contribution < -0.4 is 5.32 Å². The molecule has 4 rings (SSSR count). The van der Waals surface area contributed by atoms with Crippen LogP contribution in [0.3, 0.4) is 0 Å². The van der Waals surface area contributed by atoms with Crippen LogP contribution >= 0.6 is 15.9 Å². The van der Waals surface area contributed by atoms with Crippen LogP contribution in [0.5, 0.6) is 0 Å². The van der Waals surface area contributed by atoms with Gasteiger partial charge in [0.15, 0.2) is 0 Å². The van der Waals surface area contributed by atoms with Crippen molar-refractivity contribution in [3.05, 3.63) is 69.6 Å². The lowest BCUT2D eigenvalue weighted by molar-refractivity contribution is 0.566. The summed E-state index contributed by atoms with van der Waals surface area (Å²) in [4.78, 5) is 3.34. The van der Waals surface area contributed by atoms with Crippen molar-refractivity contribution in [2.24, 2.45) is 0 Å². The molecule has 1 aliphatic carbocycles. The summed E-state index contributed by atoms with van der Waals surface area (Å²) in [6, 6.07) is 11.7. The molecular weight excluding hydrogens is 343 g/mol. The smallest absolute Gasteiger partial charge is 0.123 e. The Hall–Kier alpha value is -1.65. The van der Waals surface area contributed by atoms with Gasteiger partial charge in [-0.2, -0.15) is 0 Å². The van der Waals surface area contributed by atoms with E-state index in [0.29, 0.717) is 0 Å². The average molecular weight is 359 g/mol. The van der Waals surface area contributed by atoms with Crippen molar-refractivity contribution in [3.8, 4) is 0 Å². The van der Waals surface area contributed by atoms with Gasteiger partial charge < -0.3 is 10.3 Å². The van der Waals surface area contributed by atoms with E-state index in [0.717, 1.165) is 22.0 Å². The van der Waals surface area contributed by atoms with E-state index in [2.05, 4.69) is 50.6 Å². The van der Waals surface area contributed by atoms with E-state index in [4.69, 9.17) is 0 Å². The van der Waals surface area contributed by atoms with Crippen LogP contribution in [0.1, 0.15) is 35.1 Å². The van der Waals surface area contributed by atoms with Crippen LogP contribution in [0.25, 0.3) is 10.9 Å². The summed E-state index contributed by atoms with van der Waals surface area (Å²) in [6.45, 7) is 0. The summed E-state index contributed by atoms with van der Waals surface area (Å²) in [6.07, 6.45) is 3.02. The summed E-state index contributed by atoms with van der Waals surface area (Å²) in [5, 5.41) is 4.56. The molecule has 1 aromatic heterocycles. The van der Waals surface area contributed by atoms with Crippen molar-refractivity contribution in [2.75, 3.05) is 7.05 Å². The molecule has 2 aromatic carbocycles. The lowest BCUT2D eigenvalue weighted by atomic mass is 9.92. The zero-order valence-electron chi connectivity index (χ0n) is 12.2. The first-order chi connectivity index (χ1) is 10.7. The standard InChI is InChI=1S/C18H16BrFN2/c1-21-17-8-15(14-7-11(20)3-5-12(14)17)16-9-22-18-6-10(19)2-4-13(16)18/h2-7,9,15,17,21-22H,8H2,1H3. The normalized spacial score (nSPS) is 20.5. The minimum absolute atomic E-state index is 0.164. The minimum atomic E-state index is -0.164. The maximum atomic E-state index is 13.7. The number of fused-ring (bicyclic) bond motifs is 2. The van der Waals surface area contributed by atoms with Gasteiger partial charge in [-0.1, -0.05) is 28.1 Å². The number of hydrogen-bond donors (Lipinski definition) is 2. The molecule has 0 saturated carbocycles. The summed E-state index contributed by atoms with van der Waals surface area (Å²) >= 11 is 3.50. The SMILES string of the molecule is CNC1CC(c2c[nH]c3cc(Br)ccc23)c2cc(F)ccc21. The first-order valence-corrected chi connectivity index (χ1v) is 8.20. The van der Waals surface area contributed by atoms with Gasteiger partial charge in [-0.3, -0.25) is 0 Å². The topological polar surface area (TPSA) is 27.8 Å². The Morgan fingerprint density at radius 2 is 2.00 bits per heavy atom. The van der Waals surface area contributed by atoms with Crippen LogP contribution in [-0.2, 0) is 0 Å². The van der Waals surface area contributed by atoms with Gasteiger partial charge in [0.25, 0.3) is 0 Å². The molecule has 2 atom stereocenters. The zero-order chi connectivity index (χ0) is 15.3. The van der Waals surface area contributed by atoms with Gasteiger partial charge in [-0.15, -0.1) is 0 Å². The molecule has 0 fully saturated rings. The number of hydrogen-bond acceptors (Lipinski definition) is 1. The van der Waals surface area contributed by atoms with Crippen molar-refractivity contribution < 1.29 is 4.39 Å². The molecule has 1 aliphatic rings. The van der Waals surface area contributed by atoms with E-state index < -0.39 is 0 Å². The second kappa shape index (κ2) is 5.21. The van der Waals surface area contributed by atoms with Crippen molar-refractivity contribution in [1.29, 1.82) is 0 Å². The van der Waals surface area contributed by atoms with Gasteiger partial charge >= 0.3 is 0 Å². The van der Waals surface area contributed by atoms with Crippen molar-refractivity contribution in [3.63, 3.8) is 0 Å². The lowest BCUT2D eigenvalue weighted by Crippen LogP contribution is -2.13. The zero-order valence-corrected chi connectivity index (χ0v) is 13.7. The summed E-state index contributed by atoms with van der Waals surface area (Å²) in [7, 11) is 1.96. The molecule has 2 unspecified atom stereocenters. The van der Waals surface area contributed by atoms with E-state index >= 15 is 0 Å². The Kier molecular flexibility index (Phi) is 3.31. The maximum Gasteiger partial charge on any atom is 0.123 e. The minimum Gasteiger partial charge on any atom is -0.361 e. The third-order valence-corrected chi connectivity index (χ3v) is 5.16. The van der Waals surface area contributed by atoms with Crippen LogP contribution in [-0.4, -0.2) is 12.0 Å². The fourth-order valence-electron chi connectivity index (χ4n) is 3.63. The largest absolute Gasteiger partial charge is 0.361 e. The molecule has 0 aliphatic heterocycles. The van der Waals surface area contributed by atoms with Gasteiger partial charge in [0, 0.05) is 33.5 Å². The number of halogens is 2. The van der Waals surface area contributed by atoms with Crippen LogP contribution in [0.4, 0.5) is 4.39 Å². The Morgan fingerprint density at radius 3 is 2.82 bits per heavy atom. The lowest BCUT2D eigenvalue weighted by Gasteiger charge is -2.11. The summed E-state index contributed by atoms with van der Waals surface area (Å²) < 4.78 is 14.8. The maximum absolute atomic E-state index is 13.7. The molecule has 22 heavy (non-hydrogen) atoms. The van der Waals surface area contributed by atoms with E-state index in [1.54, 1.807) is 12.1 Å². The molecule has 0 amide bonds. The average Bonchev–Trinajstić information content (AvgIpc) is 3.07. The van der Waals surface area contributed by atoms with Gasteiger partial charge in [-0.05, 0) is 54.4 Å². The molecule has 0 bridgehead atoms. The molecule has 112 valence electrons. The van der Waals surface area contributed by atoms with E-state index in [1.165, 1.54) is 16.5 Å². The number of rotatable bonds is 2. The molecule has 2 N–H and O–H groups in total. The summed E-state index contributed by atoms with van der Waals surface area (Å²) in [5.74, 6) is 0.0566. The quantitative estimate of drug-likeness (QED) is 0.672. The second-order valence-electron chi connectivity index (χ2n) is 5.84. The Labute approximate surface area is 136 Å². The third-order valence-electron chi connectivity index (χ3n) is 4.67. The predicted molar refractivity (Wildman–Crippen MR) is 90.7 cm³/mol. The van der Waals surface area contributed by atoms with Gasteiger partial charge in [0.2, 0.25) is 0 Å². The van der Waals surface area contributed by atoms with Gasteiger partial charge in [0.05, 0.1) is 0 Å². The molecule has 0 spiro atoms. The van der Waals surface area contributed by atoms with Crippen LogP contribution in [0.2, 0.25) is 0 Å². The highest BCUT2D eigenvalue weighted by atomic mass is 79.9. The first-order valence-electron chi connectivity index (χ1n) is 7.40. The number of aromatic amines is 1. The molecule has 4 heteroatoms. The number of benzene rings is 2. The molecule has 1 heterocycles. The Bertz CT molecular complexity index is 855. The van der Waals surface area contributed by atoms with E-state index in [9.17, 15) is 4.39 Å². The number of H-pyrrole nitrogens is 1. The molecule has 3 aromatic rings. The Balaban J connectivity index is 1.88. The van der Waals surface area contributed by atoms with E-state index in [-0.39, 0.29) is 17.8 Å². The molecule has 0 saturated heterocycles. The highest BCUT2D eigenvalue weighted by Gasteiger charge is 2.32. The second-order valence-corrected chi connectivity index (χ2v) is 6.75. The Morgan fingerprint density at radius 1 is 1.14 bits per heavy atom. The molecule has 2 nitrogen and oxygen atoms in total. The third kappa shape index (κ3) is 2.09.